The fourth-order valence-electron chi connectivity index (χ4n) is 2.48. The smallest absolute Gasteiger partial charge is 0.328 e. The van der Waals surface area contributed by atoms with Gasteiger partial charge in [0.2, 0.25) is 5.91 Å². The van der Waals surface area contributed by atoms with Crippen LogP contribution in [0.15, 0.2) is 48.5 Å². The Morgan fingerprint density at radius 3 is 2.44 bits per heavy atom. The van der Waals surface area contributed by atoms with Crippen LogP contribution < -0.4 is 10.1 Å². The molecular weight excluding hydrogens is 370 g/mol. The quantitative estimate of drug-likeness (QED) is 0.665. The average molecular weight is 392 g/mol. The largest absolute Gasteiger partial charge is 0.495 e. The van der Waals surface area contributed by atoms with Crippen molar-refractivity contribution in [1.29, 1.82) is 0 Å². The molecule has 2 rings (SSSR count). The molecule has 144 valence electrons. The molecule has 0 aliphatic carbocycles. The Balaban J connectivity index is 1.92. The maximum atomic E-state index is 12.1. The summed E-state index contributed by atoms with van der Waals surface area (Å²) in [5.74, 6) is -0.410. The van der Waals surface area contributed by atoms with Crippen molar-refractivity contribution in [1.82, 2.24) is 5.32 Å². The molecule has 2 aromatic rings. The van der Waals surface area contributed by atoms with Crippen molar-refractivity contribution in [2.75, 3.05) is 20.8 Å². The van der Waals surface area contributed by atoms with Crippen LogP contribution in [0.2, 0.25) is 5.02 Å². The second-order valence-electron chi connectivity index (χ2n) is 5.79. The lowest BCUT2D eigenvalue weighted by Crippen LogP contribution is -2.44. The number of amides is 1. The van der Waals surface area contributed by atoms with Gasteiger partial charge in [0.05, 0.1) is 25.8 Å². The van der Waals surface area contributed by atoms with Crippen LogP contribution in [0.1, 0.15) is 11.1 Å². The summed E-state index contributed by atoms with van der Waals surface area (Å²) >= 11 is 6.11. The zero-order valence-corrected chi connectivity index (χ0v) is 16.0. The van der Waals surface area contributed by atoms with Crippen LogP contribution in [0.25, 0.3) is 0 Å². The zero-order valence-electron chi connectivity index (χ0n) is 15.2. The molecule has 0 aliphatic rings. The summed E-state index contributed by atoms with van der Waals surface area (Å²) in [4.78, 5) is 24.2. The van der Waals surface area contributed by atoms with E-state index in [0.717, 1.165) is 11.1 Å². The monoisotopic (exact) mass is 391 g/mol. The molecule has 7 heteroatoms. The van der Waals surface area contributed by atoms with Gasteiger partial charge in [-0.1, -0.05) is 48.0 Å². The average Bonchev–Trinajstić information content (AvgIpc) is 2.68. The van der Waals surface area contributed by atoms with Crippen LogP contribution in [0.3, 0.4) is 0 Å². The van der Waals surface area contributed by atoms with Crippen molar-refractivity contribution >= 4 is 23.5 Å². The molecule has 27 heavy (non-hydrogen) atoms. The highest BCUT2D eigenvalue weighted by atomic mass is 35.5. The summed E-state index contributed by atoms with van der Waals surface area (Å²) < 4.78 is 15.3. The van der Waals surface area contributed by atoms with Gasteiger partial charge < -0.3 is 19.5 Å². The first-order valence-corrected chi connectivity index (χ1v) is 8.72. The molecule has 1 atom stereocenters. The molecule has 0 saturated heterocycles. The van der Waals surface area contributed by atoms with E-state index in [4.69, 9.17) is 25.8 Å². The summed E-state index contributed by atoms with van der Waals surface area (Å²) in [6.45, 7) is 0.150. The van der Waals surface area contributed by atoms with Gasteiger partial charge >= 0.3 is 5.97 Å². The molecule has 0 heterocycles. The van der Waals surface area contributed by atoms with E-state index < -0.39 is 17.9 Å². The van der Waals surface area contributed by atoms with Crippen molar-refractivity contribution in [2.45, 2.75) is 19.1 Å². The van der Waals surface area contributed by atoms with E-state index in [1.165, 1.54) is 14.2 Å². The highest BCUT2D eigenvalue weighted by Gasteiger charge is 2.22. The van der Waals surface area contributed by atoms with Crippen LogP contribution in [0.4, 0.5) is 0 Å². The fraction of sp³-hybridized carbons (Fsp3) is 0.300. The van der Waals surface area contributed by atoms with Crippen LogP contribution in [0.5, 0.6) is 5.75 Å². The number of benzene rings is 2. The number of nitrogens with one attached hydrogen (secondary N) is 1. The number of halogens is 1. The predicted octanol–water partition coefficient (Wildman–Crippen LogP) is 2.77. The number of hydrogen-bond donors (Lipinski definition) is 1. The zero-order chi connectivity index (χ0) is 19.6. The third-order valence-corrected chi connectivity index (χ3v) is 4.12. The molecule has 2 aromatic carbocycles. The number of methoxy groups -OCH3 is 2. The second-order valence-corrected chi connectivity index (χ2v) is 6.20. The van der Waals surface area contributed by atoms with E-state index in [1.807, 2.05) is 30.3 Å². The lowest BCUT2D eigenvalue weighted by Gasteiger charge is -2.17. The van der Waals surface area contributed by atoms with Gasteiger partial charge in [-0.05, 0) is 23.3 Å². The van der Waals surface area contributed by atoms with Gasteiger partial charge in [-0.25, -0.2) is 4.79 Å². The van der Waals surface area contributed by atoms with E-state index in [1.54, 1.807) is 18.2 Å². The minimum absolute atomic E-state index is 0.161. The van der Waals surface area contributed by atoms with E-state index >= 15 is 0 Å². The van der Waals surface area contributed by atoms with Crippen LogP contribution >= 0.6 is 11.6 Å². The number of esters is 1. The molecule has 0 aromatic heterocycles. The second kappa shape index (κ2) is 10.5. The molecule has 0 bridgehead atoms. The van der Waals surface area contributed by atoms with Gasteiger partial charge in [0.25, 0.3) is 0 Å². The van der Waals surface area contributed by atoms with Crippen molar-refractivity contribution in [2.24, 2.45) is 0 Å². The topological polar surface area (TPSA) is 73.9 Å². The van der Waals surface area contributed by atoms with Crippen LogP contribution in [-0.4, -0.2) is 38.7 Å². The predicted molar refractivity (Wildman–Crippen MR) is 102 cm³/mol. The van der Waals surface area contributed by atoms with E-state index in [0.29, 0.717) is 17.4 Å². The van der Waals surface area contributed by atoms with Gasteiger partial charge in [0.1, 0.15) is 18.4 Å². The first-order chi connectivity index (χ1) is 13.0. The Bertz CT molecular complexity index is 766. The first kappa shape index (κ1) is 20.7. The van der Waals surface area contributed by atoms with Gasteiger partial charge in [0, 0.05) is 6.42 Å². The third-order valence-electron chi connectivity index (χ3n) is 3.82. The maximum absolute atomic E-state index is 12.1. The molecule has 1 amide bonds. The van der Waals surface area contributed by atoms with Gasteiger partial charge in [-0.3, -0.25) is 4.79 Å². The molecule has 0 unspecified atom stereocenters. The van der Waals surface area contributed by atoms with Gasteiger partial charge in [0.15, 0.2) is 0 Å². The number of carbonyl (C=O) groups excluding carboxylic acids is 2. The lowest BCUT2D eigenvalue weighted by atomic mass is 10.1. The van der Waals surface area contributed by atoms with Gasteiger partial charge in [-0.15, -0.1) is 0 Å². The van der Waals surface area contributed by atoms with Crippen LogP contribution in [0, 0.1) is 0 Å². The summed E-state index contributed by atoms with van der Waals surface area (Å²) in [6.07, 6.45) is 0.237. The molecule has 1 N–H and O–H groups in total. The summed E-state index contributed by atoms with van der Waals surface area (Å²) in [5.41, 5.74) is 1.73. The van der Waals surface area contributed by atoms with Crippen LogP contribution in [-0.2, 0) is 32.1 Å². The van der Waals surface area contributed by atoms with Crippen molar-refractivity contribution in [3.63, 3.8) is 0 Å². The van der Waals surface area contributed by atoms with E-state index in [9.17, 15) is 9.59 Å². The minimum Gasteiger partial charge on any atom is -0.495 e. The molecule has 0 fully saturated rings. The summed E-state index contributed by atoms with van der Waals surface area (Å²) in [6, 6.07) is 13.8. The number of carbonyl (C=O) groups is 2. The van der Waals surface area contributed by atoms with Crippen molar-refractivity contribution in [3.05, 3.63) is 64.7 Å². The number of hydrogen-bond acceptors (Lipinski definition) is 5. The van der Waals surface area contributed by atoms with E-state index in [2.05, 4.69) is 5.32 Å². The highest BCUT2D eigenvalue weighted by molar-refractivity contribution is 6.32. The number of rotatable bonds is 9. The molecule has 6 nitrogen and oxygen atoms in total. The highest BCUT2D eigenvalue weighted by Crippen LogP contribution is 2.25. The maximum Gasteiger partial charge on any atom is 0.328 e. The Hall–Kier alpha value is -2.57. The lowest BCUT2D eigenvalue weighted by molar-refractivity contribution is -0.145. The minimum atomic E-state index is -0.840. The standard InChI is InChI=1S/C20H22ClNO5/c1-25-18-9-8-15(10-16(18)21)11-17(20(24)26-2)22-19(23)13-27-12-14-6-4-3-5-7-14/h3-10,17H,11-13H2,1-2H3,(H,22,23)/t17-/m1/s1. The van der Waals surface area contributed by atoms with Crippen molar-refractivity contribution in [3.8, 4) is 5.75 Å². The van der Waals surface area contributed by atoms with E-state index in [-0.39, 0.29) is 13.0 Å². The normalized spacial score (nSPS) is 11.5. The molecular formula is C20H22ClNO5. The SMILES string of the molecule is COC(=O)[C@@H](Cc1ccc(OC)c(Cl)c1)NC(=O)COCc1ccccc1. The first-order valence-electron chi connectivity index (χ1n) is 8.34. The Morgan fingerprint density at radius 2 is 1.81 bits per heavy atom. The van der Waals surface area contributed by atoms with Crippen molar-refractivity contribution < 1.29 is 23.8 Å². The Kier molecular flexibility index (Phi) is 8.10. The molecule has 0 aliphatic heterocycles. The Labute approximate surface area is 163 Å². The summed E-state index contributed by atoms with van der Waals surface area (Å²) in [5, 5.41) is 3.06. The van der Waals surface area contributed by atoms with Gasteiger partial charge in [-0.2, -0.15) is 0 Å². The number of ether oxygens (including phenoxy) is 3. The Morgan fingerprint density at radius 1 is 1.07 bits per heavy atom. The fourth-order valence-corrected chi connectivity index (χ4v) is 2.76. The molecule has 0 spiro atoms. The summed E-state index contributed by atoms with van der Waals surface area (Å²) in [7, 11) is 2.79. The molecule has 0 radical (unpaired) electrons. The molecule has 0 saturated carbocycles. The third kappa shape index (κ3) is 6.58.